The van der Waals surface area contributed by atoms with E-state index >= 15 is 0 Å². The Balaban J connectivity index is 2.05. The van der Waals surface area contributed by atoms with Gasteiger partial charge < -0.3 is 9.47 Å². The lowest BCUT2D eigenvalue weighted by atomic mass is 10.1. The molecule has 0 unspecified atom stereocenters. The van der Waals surface area contributed by atoms with Crippen LogP contribution in [0.4, 0.5) is 8.78 Å². The SMILES string of the molecule is COc1cccc(C(=O)/C=C/c2ccc(OC(F)F)cc2)c1. The fourth-order valence-electron chi connectivity index (χ4n) is 1.80. The lowest BCUT2D eigenvalue weighted by molar-refractivity contribution is -0.0498. The van der Waals surface area contributed by atoms with Gasteiger partial charge in [0.1, 0.15) is 11.5 Å². The maximum Gasteiger partial charge on any atom is 0.387 e. The van der Waals surface area contributed by atoms with Crippen molar-refractivity contribution in [3.63, 3.8) is 0 Å². The van der Waals surface area contributed by atoms with Gasteiger partial charge in [-0.2, -0.15) is 8.78 Å². The minimum Gasteiger partial charge on any atom is -0.497 e. The predicted molar refractivity (Wildman–Crippen MR) is 79.4 cm³/mol. The molecular formula is C17H14F2O3. The second-order valence-corrected chi connectivity index (χ2v) is 4.38. The van der Waals surface area contributed by atoms with Crippen LogP contribution in [-0.4, -0.2) is 19.5 Å². The Bertz CT molecular complexity index is 664. The Morgan fingerprint density at radius 1 is 1.09 bits per heavy atom. The maximum absolute atomic E-state index is 12.0. The molecule has 0 heterocycles. The zero-order valence-corrected chi connectivity index (χ0v) is 11.8. The van der Waals surface area contributed by atoms with Gasteiger partial charge in [-0.25, -0.2) is 0 Å². The van der Waals surface area contributed by atoms with Gasteiger partial charge in [-0.1, -0.05) is 30.3 Å². The highest BCUT2D eigenvalue weighted by atomic mass is 19.3. The third-order valence-corrected chi connectivity index (χ3v) is 2.89. The van der Waals surface area contributed by atoms with Gasteiger partial charge in [0.15, 0.2) is 5.78 Å². The van der Waals surface area contributed by atoms with Crippen molar-refractivity contribution < 1.29 is 23.0 Å². The molecule has 0 aliphatic rings. The molecule has 0 N–H and O–H groups in total. The fraction of sp³-hybridized carbons (Fsp3) is 0.118. The number of benzene rings is 2. The first-order chi connectivity index (χ1) is 10.6. The van der Waals surface area contributed by atoms with Crippen LogP contribution in [0.3, 0.4) is 0 Å². The average Bonchev–Trinajstić information content (AvgIpc) is 2.53. The molecule has 0 amide bonds. The van der Waals surface area contributed by atoms with E-state index in [1.54, 1.807) is 42.5 Å². The summed E-state index contributed by atoms with van der Waals surface area (Å²) in [5.41, 5.74) is 1.21. The number of ketones is 1. The molecule has 0 fully saturated rings. The average molecular weight is 304 g/mol. The number of allylic oxidation sites excluding steroid dienone is 1. The Hall–Kier alpha value is -2.69. The van der Waals surface area contributed by atoms with Crippen LogP contribution < -0.4 is 9.47 Å². The molecule has 3 nitrogen and oxygen atoms in total. The van der Waals surface area contributed by atoms with E-state index in [9.17, 15) is 13.6 Å². The van der Waals surface area contributed by atoms with E-state index in [-0.39, 0.29) is 11.5 Å². The Morgan fingerprint density at radius 2 is 1.82 bits per heavy atom. The molecule has 0 aliphatic carbocycles. The standard InChI is InChI=1S/C17H14F2O3/c1-21-15-4-2-3-13(11-15)16(20)10-7-12-5-8-14(9-6-12)22-17(18)19/h2-11,17H,1H3/b10-7+. The van der Waals surface area contributed by atoms with Gasteiger partial charge in [0.25, 0.3) is 0 Å². The van der Waals surface area contributed by atoms with Crippen molar-refractivity contribution in [1.29, 1.82) is 0 Å². The van der Waals surface area contributed by atoms with Crippen molar-refractivity contribution in [2.75, 3.05) is 7.11 Å². The summed E-state index contributed by atoms with van der Waals surface area (Å²) in [6, 6.07) is 12.8. The third kappa shape index (κ3) is 4.41. The molecule has 114 valence electrons. The second kappa shape index (κ2) is 7.36. The zero-order chi connectivity index (χ0) is 15.9. The Morgan fingerprint density at radius 3 is 2.45 bits per heavy atom. The number of hydrogen-bond acceptors (Lipinski definition) is 3. The Kier molecular flexibility index (Phi) is 5.25. The summed E-state index contributed by atoms with van der Waals surface area (Å²) in [4.78, 5) is 12.0. The number of ether oxygens (including phenoxy) is 2. The first kappa shape index (κ1) is 15.7. The maximum atomic E-state index is 12.0. The molecule has 0 bridgehead atoms. The smallest absolute Gasteiger partial charge is 0.387 e. The summed E-state index contributed by atoms with van der Waals surface area (Å²) in [6.45, 7) is -2.85. The van der Waals surface area contributed by atoms with Crippen molar-refractivity contribution in [1.82, 2.24) is 0 Å². The molecule has 2 aromatic rings. The van der Waals surface area contributed by atoms with E-state index in [2.05, 4.69) is 4.74 Å². The Labute approximate surface area is 126 Å². The van der Waals surface area contributed by atoms with Crippen LogP contribution in [0, 0.1) is 0 Å². The quantitative estimate of drug-likeness (QED) is 0.593. The van der Waals surface area contributed by atoms with E-state index in [0.717, 1.165) is 0 Å². The molecule has 5 heteroatoms. The molecule has 0 spiro atoms. The lowest BCUT2D eigenvalue weighted by Gasteiger charge is -2.04. The van der Waals surface area contributed by atoms with Crippen molar-refractivity contribution in [3.8, 4) is 11.5 Å². The summed E-state index contributed by atoms with van der Waals surface area (Å²) < 4.78 is 33.4. The van der Waals surface area contributed by atoms with E-state index in [1.165, 1.54) is 25.3 Å². The van der Waals surface area contributed by atoms with Gasteiger partial charge in [0.2, 0.25) is 0 Å². The molecule has 2 aromatic carbocycles. The number of carbonyl (C=O) groups excluding carboxylic acids is 1. The number of halogens is 2. The summed E-state index contributed by atoms with van der Waals surface area (Å²) in [6.07, 6.45) is 3.02. The highest BCUT2D eigenvalue weighted by molar-refractivity contribution is 6.07. The van der Waals surface area contributed by atoms with Crippen molar-refractivity contribution >= 4 is 11.9 Å². The number of hydrogen-bond donors (Lipinski definition) is 0. The van der Waals surface area contributed by atoms with Crippen LogP contribution in [0.25, 0.3) is 6.08 Å². The predicted octanol–water partition coefficient (Wildman–Crippen LogP) is 4.19. The van der Waals surface area contributed by atoms with Gasteiger partial charge in [-0.05, 0) is 35.9 Å². The molecule has 0 saturated heterocycles. The molecule has 0 aromatic heterocycles. The van der Waals surface area contributed by atoms with Crippen LogP contribution in [0.5, 0.6) is 11.5 Å². The van der Waals surface area contributed by atoms with E-state index in [4.69, 9.17) is 4.74 Å². The second-order valence-electron chi connectivity index (χ2n) is 4.38. The summed E-state index contributed by atoms with van der Waals surface area (Å²) >= 11 is 0. The highest BCUT2D eigenvalue weighted by Crippen LogP contribution is 2.17. The monoisotopic (exact) mass is 304 g/mol. The molecular weight excluding hydrogens is 290 g/mol. The van der Waals surface area contributed by atoms with E-state index in [1.807, 2.05) is 0 Å². The van der Waals surface area contributed by atoms with Crippen molar-refractivity contribution in [2.24, 2.45) is 0 Å². The molecule has 2 rings (SSSR count). The minimum atomic E-state index is -2.85. The number of methoxy groups -OCH3 is 1. The summed E-state index contributed by atoms with van der Waals surface area (Å²) in [5, 5.41) is 0. The zero-order valence-electron chi connectivity index (χ0n) is 11.8. The van der Waals surface area contributed by atoms with Gasteiger partial charge in [0.05, 0.1) is 7.11 Å². The van der Waals surface area contributed by atoms with Crippen LogP contribution in [0.2, 0.25) is 0 Å². The fourth-order valence-corrected chi connectivity index (χ4v) is 1.80. The summed E-state index contributed by atoms with van der Waals surface area (Å²) in [7, 11) is 1.53. The number of carbonyl (C=O) groups is 1. The van der Waals surface area contributed by atoms with Crippen LogP contribution >= 0.6 is 0 Å². The van der Waals surface area contributed by atoms with Gasteiger partial charge in [-0.15, -0.1) is 0 Å². The van der Waals surface area contributed by atoms with Crippen molar-refractivity contribution in [3.05, 3.63) is 65.7 Å². The first-order valence-corrected chi connectivity index (χ1v) is 6.50. The normalized spacial score (nSPS) is 10.9. The summed E-state index contributed by atoms with van der Waals surface area (Å²) in [5.74, 6) is 0.505. The lowest BCUT2D eigenvalue weighted by Crippen LogP contribution is -2.01. The number of rotatable bonds is 6. The minimum absolute atomic E-state index is 0.0753. The molecule has 0 radical (unpaired) electrons. The van der Waals surface area contributed by atoms with Gasteiger partial charge >= 0.3 is 6.61 Å². The van der Waals surface area contributed by atoms with Crippen LogP contribution in [0.15, 0.2) is 54.6 Å². The molecule has 0 atom stereocenters. The highest BCUT2D eigenvalue weighted by Gasteiger charge is 2.04. The van der Waals surface area contributed by atoms with Gasteiger partial charge in [0, 0.05) is 5.56 Å². The van der Waals surface area contributed by atoms with Crippen LogP contribution in [0.1, 0.15) is 15.9 Å². The van der Waals surface area contributed by atoms with Crippen LogP contribution in [-0.2, 0) is 0 Å². The molecule has 22 heavy (non-hydrogen) atoms. The van der Waals surface area contributed by atoms with Gasteiger partial charge in [-0.3, -0.25) is 4.79 Å². The third-order valence-electron chi connectivity index (χ3n) is 2.89. The topological polar surface area (TPSA) is 35.5 Å². The largest absolute Gasteiger partial charge is 0.497 e. The molecule has 0 saturated carbocycles. The van der Waals surface area contributed by atoms with E-state index in [0.29, 0.717) is 16.9 Å². The first-order valence-electron chi connectivity index (χ1n) is 6.50. The number of alkyl halides is 2. The molecule has 0 aliphatic heterocycles. The van der Waals surface area contributed by atoms with Crippen molar-refractivity contribution in [2.45, 2.75) is 6.61 Å². The van der Waals surface area contributed by atoms with E-state index < -0.39 is 6.61 Å².